The van der Waals surface area contributed by atoms with Gasteiger partial charge in [0.2, 0.25) is 0 Å². The highest BCUT2D eigenvalue weighted by molar-refractivity contribution is 5.68. The molecule has 1 aromatic rings. The summed E-state index contributed by atoms with van der Waals surface area (Å²) in [7, 11) is 0. The minimum Gasteiger partial charge on any atom is -0.846 e. The Morgan fingerprint density at radius 2 is 2.25 bits per heavy atom. The number of halogens is 1. The van der Waals surface area contributed by atoms with Gasteiger partial charge in [-0.3, -0.25) is 5.41 Å². The van der Waals surface area contributed by atoms with Crippen LogP contribution in [0.1, 0.15) is 44.1 Å². The highest BCUT2D eigenvalue weighted by atomic mass is 19.1. The molecule has 0 aliphatic carbocycles. The molecule has 0 aromatic heterocycles. The number of hydrogen-bond acceptors (Lipinski definition) is 2. The first-order valence-electron chi connectivity index (χ1n) is 7.10. The maximum atomic E-state index is 13.4. The normalized spacial score (nSPS) is 18.2. The number of hydrogen-bond donors (Lipinski definition) is 1. The summed E-state index contributed by atoms with van der Waals surface area (Å²) in [6.07, 6.45) is 6.02. The summed E-state index contributed by atoms with van der Waals surface area (Å²) in [6, 6.07) is 5.83. The Kier molecular flexibility index (Phi) is 4.77. The van der Waals surface area contributed by atoms with Gasteiger partial charge in [0, 0.05) is 18.7 Å². The second kappa shape index (κ2) is 6.55. The number of unbranched alkanes of at least 4 members (excludes halogenated alkanes) is 2. The molecule has 1 aliphatic rings. The average Bonchev–Trinajstić information content (AvgIpc) is 2.83. The van der Waals surface area contributed by atoms with Gasteiger partial charge in [-0.2, -0.15) is 0 Å². The number of benzene rings is 1. The summed E-state index contributed by atoms with van der Waals surface area (Å²) in [4.78, 5) is 1.41. The summed E-state index contributed by atoms with van der Waals surface area (Å²) in [5.41, 5.74) is 2.01. The van der Waals surface area contributed by atoms with Crippen molar-refractivity contribution in [3.05, 3.63) is 47.4 Å². The lowest BCUT2D eigenvalue weighted by atomic mass is 9.90. The first-order valence-corrected chi connectivity index (χ1v) is 7.10. The number of rotatable bonds is 5. The lowest BCUT2D eigenvalue weighted by Gasteiger charge is -2.22. The van der Waals surface area contributed by atoms with Crippen LogP contribution in [0.15, 0.2) is 36.0 Å². The van der Waals surface area contributed by atoms with Gasteiger partial charge < -0.3 is 10.0 Å². The van der Waals surface area contributed by atoms with Gasteiger partial charge in [0.15, 0.2) is 0 Å². The van der Waals surface area contributed by atoms with Crippen LogP contribution in [0.25, 0.3) is 0 Å². The maximum Gasteiger partial charge on any atom is 0.123 e. The van der Waals surface area contributed by atoms with Crippen molar-refractivity contribution in [2.75, 3.05) is 6.54 Å². The molecular formula is C16H20FN2O-. The molecule has 3 nitrogen and oxygen atoms in total. The summed E-state index contributed by atoms with van der Waals surface area (Å²) in [5, 5.41) is 18.5. The van der Waals surface area contributed by atoms with Gasteiger partial charge in [-0.25, -0.2) is 4.39 Å². The highest BCUT2D eigenvalue weighted by Gasteiger charge is 2.25. The van der Waals surface area contributed by atoms with Gasteiger partial charge in [-0.1, -0.05) is 31.9 Å². The molecule has 0 saturated heterocycles. The Bertz CT molecular complexity index is 513. The molecule has 1 unspecified atom stereocenters. The molecular weight excluding hydrogens is 255 g/mol. The van der Waals surface area contributed by atoms with E-state index in [-0.39, 0.29) is 11.7 Å². The monoisotopic (exact) mass is 275 g/mol. The zero-order valence-corrected chi connectivity index (χ0v) is 11.7. The van der Waals surface area contributed by atoms with E-state index in [2.05, 4.69) is 6.92 Å². The number of nitrogens with zero attached hydrogens (tertiary/aromatic N) is 1. The van der Waals surface area contributed by atoms with Gasteiger partial charge in [0.05, 0.1) is 6.02 Å². The molecule has 2 rings (SSSR count). The van der Waals surface area contributed by atoms with Crippen LogP contribution in [0.3, 0.4) is 0 Å². The van der Waals surface area contributed by atoms with E-state index in [1.165, 1.54) is 17.0 Å². The van der Waals surface area contributed by atoms with Crippen molar-refractivity contribution in [3.63, 3.8) is 0 Å². The van der Waals surface area contributed by atoms with Gasteiger partial charge in [-0.05, 0) is 36.1 Å². The summed E-state index contributed by atoms with van der Waals surface area (Å²) < 4.78 is 13.4. The predicted molar refractivity (Wildman–Crippen MR) is 75.8 cm³/mol. The van der Waals surface area contributed by atoms with Crippen LogP contribution in [0, 0.1) is 11.2 Å². The summed E-state index contributed by atoms with van der Waals surface area (Å²) in [5.74, 6) is -0.233. The number of nitrogens with one attached hydrogen (secondary N) is 1. The highest BCUT2D eigenvalue weighted by Crippen LogP contribution is 2.34. The molecule has 0 radical (unpaired) electrons. The van der Waals surface area contributed by atoms with Gasteiger partial charge in [-0.15, -0.1) is 0 Å². The Morgan fingerprint density at radius 3 is 2.90 bits per heavy atom. The van der Waals surface area contributed by atoms with E-state index in [0.717, 1.165) is 36.8 Å². The predicted octanol–water partition coefficient (Wildman–Crippen LogP) is 2.98. The summed E-state index contributed by atoms with van der Waals surface area (Å²) >= 11 is 0. The summed E-state index contributed by atoms with van der Waals surface area (Å²) in [6.45, 7) is 2.60. The fourth-order valence-corrected chi connectivity index (χ4v) is 2.66. The van der Waals surface area contributed by atoms with Gasteiger partial charge in [0.1, 0.15) is 5.82 Å². The SMILES string of the molecule is CCCCCC1=CN(C(=N)[O-])CC1c1cccc(F)c1. The quantitative estimate of drug-likeness (QED) is 0.510. The zero-order valence-electron chi connectivity index (χ0n) is 11.7. The molecule has 1 aromatic carbocycles. The van der Waals surface area contributed by atoms with Crippen molar-refractivity contribution >= 4 is 6.02 Å². The van der Waals surface area contributed by atoms with E-state index in [1.807, 2.05) is 6.07 Å². The van der Waals surface area contributed by atoms with Crippen molar-refractivity contribution < 1.29 is 9.50 Å². The van der Waals surface area contributed by atoms with E-state index in [1.54, 1.807) is 12.3 Å². The van der Waals surface area contributed by atoms with Crippen LogP contribution in [-0.4, -0.2) is 17.5 Å². The molecule has 0 bridgehead atoms. The molecule has 20 heavy (non-hydrogen) atoms. The van der Waals surface area contributed by atoms with E-state index in [0.29, 0.717) is 6.54 Å². The maximum absolute atomic E-state index is 13.4. The van der Waals surface area contributed by atoms with Gasteiger partial charge in [0.25, 0.3) is 0 Å². The van der Waals surface area contributed by atoms with Gasteiger partial charge >= 0.3 is 0 Å². The Labute approximate surface area is 119 Å². The van der Waals surface area contributed by atoms with Crippen LogP contribution in [0.4, 0.5) is 4.39 Å². The average molecular weight is 275 g/mol. The van der Waals surface area contributed by atoms with Crippen LogP contribution >= 0.6 is 0 Å². The molecule has 1 aliphatic heterocycles. The topological polar surface area (TPSA) is 50.2 Å². The Balaban J connectivity index is 2.17. The molecule has 0 saturated carbocycles. The standard InChI is InChI=1S/C16H21FN2O/c1-2-3-4-6-13-10-19(16(18)20)11-15(13)12-7-5-8-14(17)9-12/h5,7-10,15H,2-4,6,11H2,1H3,(H2,18,20)/p-1. The smallest absolute Gasteiger partial charge is 0.123 e. The van der Waals surface area contributed by atoms with E-state index < -0.39 is 6.02 Å². The van der Waals surface area contributed by atoms with Crippen molar-refractivity contribution in [3.8, 4) is 0 Å². The second-order valence-corrected chi connectivity index (χ2v) is 5.23. The van der Waals surface area contributed by atoms with E-state index in [4.69, 9.17) is 5.41 Å². The Hall–Kier alpha value is -1.84. The first-order chi connectivity index (χ1) is 9.61. The van der Waals surface area contributed by atoms with Crippen molar-refractivity contribution in [1.29, 1.82) is 5.41 Å². The van der Waals surface area contributed by atoms with E-state index in [9.17, 15) is 9.50 Å². The lowest BCUT2D eigenvalue weighted by molar-refractivity contribution is -0.233. The molecule has 1 N–H and O–H groups in total. The molecule has 108 valence electrons. The van der Waals surface area contributed by atoms with Crippen LogP contribution < -0.4 is 5.11 Å². The number of amidine groups is 1. The van der Waals surface area contributed by atoms with Crippen LogP contribution in [-0.2, 0) is 0 Å². The zero-order chi connectivity index (χ0) is 14.5. The first kappa shape index (κ1) is 14.6. The lowest BCUT2D eigenvalue weighted by Crippen LogP contribution is -2.34. The van der Waals surface area contributed by atoms with E-state index >= 15 is 0 Å². The minimum atomic E-state index is -0.697. The third-order valence-electron chi connectivity index (χ3n) is 3.73. The second-order valence-electron chi connectivity index (χ2n) is 5.23. The Morgan fingerprint density at radius 1 is 1.45 bits per heavy atom. The fourth-order valence-electron chi connectivity index (χ4n) is 2.66. The van der Waals surface area contributed by atoms with Crippen molar-refractivity contribution in [2.24, 2.45) is 0 Å². The molecule has 4 heteroatoms. The largest absolute Gasteiger partial charge is 0.846 e. The third-order valence-corrected chi connectivity index (χ3v) is 3.73. The van der Waals surface area contributed by atoms with Crippen molar-refractivity contribution in [2.45, 2.75) is 38.5 Å². The molecule has 1 heterocycles. The molecule has 1 atom stereocenters. The molecule has 0 spiro atoms. The fraction of sp³-hybridized carbons (Fsp3) is 0.438. The van der Waals surface area contributed by atoms with Crippen molar-refractivity contribution in [1.82, 2.24) is 4.90 Å². The van der Waals surface area contributed by atoms with Crippen LogP contribution in [0.2, 0.25) is 0 Å². The molecule has 0 fully saturated rings. The van der Waals surface area contributed by atoms with Crippen LogP contribution in [0.5, 0.6) is 0 Å². The minimum absolute atomic E-state index is 0.0249. The third kappa shape index (κ3) is 3.38. The molecule has 0 amide bonds.